The van der Waals surface area contributed by atoms with Gasteiger partial charge in [0.1, 0.15) is 0 Å². The zero-order valence-corrected chi connectivity index (χ0v) is 13.8. The molecule has 5 heteroatoms. The van der Waals surface area contributed by atoms with Crippen LogP contribution in [-0.4, -0.2) is 39.3 Å². The summed E-state index contributed by atoms with van der Waals surface area (Å²) in [6, 6.07) is 12.1. The number of likely N-dealkylation sites (tertiary alicyclic amines) is 1. The molecule has 3 rings (SSSR count). The van der Waals surface area contributed by atoms with E-state index in [-0.39, 0.29) is 11.6 Å². The van der Waals surface area contributed by atoms with Crippen LogP contribution in [0.5, 0.6) is 0 Å². The molecular weight excluding hydrogens is 288 g/mol. The van der Waals surface area contributed by atoms with Crippen molar-refractivity contribution in [1.82, 2.24) is 20.0 Å². The van der Waals surface area contributed by atoms with Crippen molar-refractivity contribution < 1.29 is 4.79 Å². The third-order valence-corrected chi connectivity index (χ3v) is 4.11. The fourth-order valence-electron chi connectivity index (χ4n) is 2.95. The monoisotopic (exact) mass is 312 g/mol. The number of hydrogen-bond donors (Lipinski definition) is 1. The van der Waals surface area contributed by atoms with Crippen LogP contribution in [0.25, 0.3) is 11.3 Å². The molecule has 0 unspecified atom stereocenters. The maximum atomic E-state index is 12.3. The first-order valence-corrected chi connectivity index (χ1v) is 8.19. The average molecular weight is 312 g/mol. The first kappa shape index (κ1) is 15.6. The van der Waals surface area contributed by atoms with Crippen LogP contribution in [-0.2, 0) is 6.54 Å². The van der Waals surface area contributed by atoms with E-state index >= 15 is 0 Å². The molecule has 23 heavy (non-hydrogen) atoms. The minimum atomic E-state index is -0.348. The standard InChI is InChI=1S/C18H24N4O/c1-18(2,19-17(23)21-11-6-7-12-21)14-22-13-10-16(20-22)15-8-4-3-5-9-15/h3-5,8-10,13H,6-7,11-12,14H2,1-2H3,(H,19,23). The van der Waals surface area contributed by atoms with Gasteiger partial charge in [0, 0.05) is 24.8 Å². The number of aromatic nitrogens is 2. The lowest BCUT2D eigenvalue weighted by atomic mass is 10.1. The Morgan fingerprint density at radius 1 is 1.17 bits per heavy atom. The molecule has 5 nitrogen and oxygen atoms in total. The topological polar surface area (TPSA) is 50.2 Å². The summed E-state index contributed by atoms with van der Waals surface area (Å²) in [5, 5.41) is 7.74. The quantitative estimate of drug-likeness (QED) is 0.943. The Hall–Kier alpha value is -2.30. The van der Waals surface area contributed by atoms with Gasteiger partial charge in [-0.05, 0) is 32.8 Å². The average Bonchev–Trinajstić information content (AvgIpc) is 3.18. The Morgan fingerprint density at radius 2 is 1.87 bits per heavy atom. The number of benzene rings is 1. The molecule has 0 aliphatic carbocycles. The van der Waals surface area contributed by atoms with Gasteiger partial charge in [-0.2, -0.15) is 5.10 Å². The highest BCUT2D eigenvalue weighted by Crippen LogP contribution is 2.17. The van der Waals surface area contributed by atoms with Gasteiger partial charge < -0.3 is 10.2 Å². The van der Waals surface area contributed by atoms with Crippen LogP contribution in [0.1, 0.15) is 26.7 Å². The molecular formula is C18H24N4O. The van der Waals surface area contributed by atoms with E-state index in [9.17, 15) is 4.79 Å². The molecule has 1 aromatic heterocycles. The molecule has 122 valence electrons. The van der Waals surface area contributed by atoms with Gasteiger partial charge in [-0.25, -0.2) is 4.79 Å². The van der Waals surface area contributed by atoms with Crippen molar-refractivity contribution in [1.29, 1.82) is 0 Å². The van der Waals surface area contributed by atoms with E-state index in [0.717, 1.165) is 37.2 Å². The fraction of sp³-hybridized carbons (Fsp3) is 0.444. The van der Waals surface area contributed by atoms with E-state index in [0.29, 0.717) is 6.54 Å². The summed E-state index contributed by atoms with van der Waals surface area (Å²) in [6.07, 6.45) is 4.17. The highest BCUT2D eigenvalue weighted by Gasteiger charge is 2.26. The maximum absolute atomic E-state index is 12.3. The predicted molar refractivity (Wildman–Crippen MR) is 91.1 cm³/mol. The summed E-state index contributed by atoms with van der Waals surface area (Å²) in [6.45, 7) is 6.43. The molecule has 2 aromatic rings. The number of amides is 2. The van der Waals surface area contributed by atoms with E-state index in [1.807, 2.05) is 66.0 Å². The van der Waals surface area contributed by atoms with Gasteiger partial charge in [0.05, 0.1) is 17.8 Å². The fourth-order valence-corrected chi connectivity index (χ4v) is 2.95. The molecule has 0 atom stereocenters. The van der Waals surface area contributed by atoms with Gasteiger partial charge in [-0.3, -0.25) is 4.68 Å². The smallest absolute Gasteiger partial charge is 0.317 e. The number of carbonyl (C=O) groups is 1. The van der Waals surface area contributed by atoms with Gasteiger partial charge in [0.25, 0.3) is 0 Å². The van der Waals surface area contributed by atoms with Crippen molar-refractivity contribution in [2.75, 3.05) is 13.1 Å². The van der Waals surface area contributed by atoms with E-state index in [1.165, 1.54) is 0 Å². The van der Waals surface area contributed by atoms with E-state index in [4.69, 9.17) is 0 Å². The molecule has 0 spiro atoms. The summed E-state index contributed by atoms with van der Waals surface area (Å²) in [5.74, 6) is 0. The van der Waals surface area contributed by atoms with E-state index in [2.05, 4.69) is 10.4 Å². The van der Waals surface area contributed by atoms with Gasteiger partial charge in [0.15, 0.2) is 0 Å². The largest absolute Gasteiger partial charge is 0.331 e. The van der Waals surface area contributed by atoms with Crippen molar-refractivity contribution in [3.05, 3.63) is 42.6 Å². The summed E-state index contributed by atoms with van der Waals surface area (Å²) >= 11 is 0. The number of rotatable bonds is 4. The zero-order chi connectivity index (χ0) is 16.3. The molecule has 1 fully saturated rings. The number of hydrogen-bond acceptors (Lipinski definition) is 2. The normalized spacial score (nSPS) is 15.0. The van der Waals surface area contributed by atoms with Crippen molar-refractivity contribution in [3.63, 3.8) is 0 Å². The molecule has 0 radical (unpaired) electrons. The molecule has 2 amide bonds. The van der Waals surface area contributed by atoms with Crippen LogP contribution in [0.4, 0.5) is 4.79 Å². The zero-order valence-electron chi connectivity index (χ0n) is 13.8. The van der Waals surface area contributed by atoms with Crippen LogP contribution in [0.2, 0.25) is 0 Å². The number of nitrogens with one attached hydrogen (secondary N) is 1. The highest BCUT2D eigenvalue weighted by molar-refractivity contribution is 5.75. The molecule has 1 aliphatic rings. The third-order valence-electron chi connectivity index (χ3n) is 4.11. The van der Waals surface area contributed by atoms with Crippen LogP contribution in [0, 0.1) is 0 Å². The number of urea groups is 1. The van der Waals surface area contributed by atoms with Crippen molar-refractivity contribution in [2.24, 2.45) is 0 Å². The van der Waals surface area contributed by atoms with Crippen LogP contribution < -0.4 is 5.32 Å². The van der Waals surface area contributed by atoms with Gasteiger partial charge >= 0.3 is 6.03 Å². The Bertz CT molecular complexity index is 657. The molecule has 1 aliphatic heterocycles. The lowest BCUT2D eigenvalue weighted by Crippen LogP contribution is -2.51. The minimum Gasteiger partial charge on any atom is -0.331 e. The SMILES string of the molecule is CC(C)(Cn1ccc(-c2ccccc2)n1)NC(=O)N1CCCC1. The molecule has 1 aromatic carbocycles. The van der Waals surface area contributed by atoms with Gasteiger partial charge in [0.2, 0.25) is 0 Å². The Balaban J connectivity index is 1.63. The maximum Gasteiger partial charge on any atom is 0.317 e. The first-order chi connectivity index (χ1) is 11.0. The minimum absolute atomic E-state index is 0.0305. The summed E-state index contributed by atoms with van der Waals surface area (Å²) in [5.41, 5.74) is 1.71. The van der Waals surface area contributed by atoms with E-state index < -0.39 is 0 Å². The molecule has 0 saturated carbocycles. The van der Waals surface area contributed by atoms with Crippen LogP contribution >= 0.6 is 0 Å². The predicted octanol–water partition coefficient (Wildman–Crippen LogP) is 3.13. The van der Waals surface area contributed by atoms with Crippen LogP contribution in [0.15, 0.2) is 42.6 Å². The van der Waals surface area contributed by atoms with Crippen LogP contribution in [0.3, 0.4) is 0 Å². The molecule has 1 saturated heterocycles. The lowest BCUT2D eigenvalue weighted by Gasteiger charge is -2.29. The Kier molecular flexibility index (Phi) is 4.37. The summed E-state index contributed by atoms with van der Waals surface area (Å²) in [7, 11) is 0. The van der Waals surface area contributed by atoms with Gasteiger partial charge in [-0.15, -0.1) is 0 Å². The van der Waals surface area contributed by atoms with Gasteiger partial charge in [-0.1, -0.05) is 30.3 Å². The first-order valence-electron chi connectivity index (χ1n) is 8.19. The third kappa shape index (κ3) is 3.92. The van der Waals surface area contributed by atoms with Crippen molar-refractivity contribution >= 4 is 6.03 Å². The second-order valence-corrected chi connectivity index (χ2v) is 6.77. The number of nitrogens with zero attached hydrogens (tertiary/aromatic N) is 3. The van der Waals surface area contributed by atoms with Crippen molar-refractivity contribution in [3.8, 4) is 11.3 Å². The summed E-state index contributed by atoms with van der Waals surface area (Å²) < 4.78 is 1.90. The van der Waals surface area contributed by atoms with Crippen molar-refractivity contribution in [2.45, 2.75) is 38.8 Å². The Labute approximate surface area is 137 Å². The number of carbonyl (C=O) groups excluding carboxylic acids is 1. The lowest BCUT2D eigenvalue weighted by molar-refractivity contribution is 0.192. The molecule has 1 N–H and O–H groups in total. The second-order valence-electron chi connectivity index (χ2n) is 6.77. The summed E-state index contributed by atoms with van der Waals surface area (Å²) in [4.78, 5) is 14.2. The molecule has 0 bridgehead atoms. The highest BCUT2D eigenvalue weighted by atomic mass is 16.2. The second kappa shape index (κ2) is 6.44. The molecule has 2 heterocycles. The Morgan fingerprint density at radius 3 is 2.57 bits per heavy atom. The van der Waals surface area contributed by atoms with E-state index in [1.54, 1.807) is 0 Å².